The number of halogens is 1. The van der Waals surface area contributed by atoms with Crippen molar-refractivity contribution >= 4 is 40.8 Å². The summed E-state index contributed by atoms with van der Waals surface area (Å²) in [4.78, 5) is 9.52. The monoisotopic (exact) mass is 386 g/mol. The summed E-state index contributed by atoms with van der Waals surface area (Å²) in [5, 5.41) is 4.66. The number of nitrogens with zero attached hydrogens (tertiary/aromatic N) is 2. The Kier molecular flexibility index (Phi) is 6.32. The number of benzene rings is 1. The molecule has 0 aliphatic carbocycles. The van der Waals surface area contributed by atoms with E-state index >= 15 is 0 Å². The van der Waals surface area contributed by atoms with Crippen molar-refractivity contribution in [3.8, 4) is 0 Å². The van der Waals surface area contributed by atoms with Crippen LogP contribution in [0.15, 0.2) is 29.4 Å². The van der Waals surface area contributed by atoms with Gasteiger partial charge in [0.05, 0.1) is 0 Å². The quantitative estimate of drug-likeness (QED) is 0.484. The molecule has 1 aromatic heterocycles. The van der Waals surface area contributed by atoms with Gasteiger partial charge >= 0.3 is 0 Å². The molecule has 110 valence electrons. The number of guanidine groups is 1. The lowest BCUT2D eigenvalue weighted by Crippen LogP contribution is -2.37. The Morgan fingerprint density at radius 2 is 2.10 bits per heavy atom. The molecule has 5 heteroatoms. The molecule has 2 N–H and O–H groups in total. The summed E-state index contributed by atoms with van der Waals surface area (Å²) < 4.78 is 0. The van der Waals surface area contributed by atoms with Gasteiger partial charge in [0.15, 0.2) is 5.96 Å². The zero-order chi connectivity index (χ0) is 13.8. The number of aromatic amines is 1. The smallest absolute Gasteiger partial charge is 0.193 e. The highest BCUT2D eigenvalue weighted by Gasteiger charge is 2.04. The normalized spacial score (nSPS) is 11.3. The van der Waals surface area contributed by atoms with Crippen LogP contribution >= 0.6 is 24.0 Å². The number of nitrogens with one attached hydrogen (secondary N) is 2. The van der Waals surface area contributed by atoms with Crippen molar-refractivity contribution in [3.63, 3.8) is 0 Å². The lowest BCUT2D eigenvalue weighted by atomic mass is 10.1. The van der Waals surface area contributed by atoms with Gasteiger partial charge in [-0.3, -0.25) is 4.99 Å². The molecule has 1 heterocycles. The topological polar surface area (TPSA) is 43.4 Å². The largest absolute Gasteiger partial charge is 0.361 e. The third-order valence-electron chi connectivity index (χ3n) is 3.24. The first-order valence-electron chi connectivity index (χ1n) is 6.56. The number of aryl methyl sites for hydroxylation is 1. The maximum Gasteiger partial charge on any atom is 0.193 e. The molecule has 0 saturated heterocycles. The molecule has 0 aliphatic rings. The minimum atomic E-state index is 0. The van der Waals surface area contributed by atoms with Crippen LogP contribution in [0.3, 0.4) is 0 Å². The number of hydrogen-bond acceptors (Lipinski definition) is 1. The zero-order valence-electron chi connectivity index (χ0n) is 12.5. The first-order valence-corrected chi connectivity index (χ1v) is 6.56. The highest BCUT2D eigenvalue weighted by molar-refractivity contribution is 14.0. The van der Waals surface area contributed by atoms with E-state index < -0.39 is 0 Å². The van der Waals surface area contributed by atoms with Crippen molar-refractivity contribution in [1.29, 1.82) is 0 Å². The lowest BCUT2D eigenvalue weighted by molar-refractivity contribution is 0.583. The van der Waals surface area contributed by atoms with E-state index in [-0.39, 0.29) is 24.0 Å². The summed E-state index contributed by atoms with van der Waals surface area (Å²) in [6.07, 6.45) is 3.08. The second kappa shape index (κ2) is 7.52. The van der Waals surface area contributed by atoms with Gasteiger partial charge in [0.2, 0.25) is 0 Å². The molecule has 0 fully saturated rings. The van der Waals surface area contributed by atoms with Crippen LogP contribution in [0.2, 0.25) is 0 Å². The molecular weight excluding hydrogens is 363 g/mol. The van der Waals surface area contributed by atoms with E-state index in [4.69, 9.17) is 0 Å². The van der Waals surface area contributed by atoms with Gasteiger partial charge in [0, 0.05) is 44.8 Å². The number of aliphatic imine (C=N–C) groups is 1. The third kappa shape index (κ3) is 3.88. The minimum Gasteiger partial charge on any atom is -0.361 e. The molecule has 4 nitrogen and oxygen atoms in total. The molecule has 0 atom stereocenters. The van der Waals surface area contributed by atoms with E-state index in [1.165, 1.54) is 22.0 Å². The van der Waals surface area contributed by atoms with Crippen LogP contribution < -0.4 is 5.32 Å². The molecule has 0 aliphatic heterocycles. The van der Waals surface area contributed by atoms with Gasteiger partial charge in [-0.05, 0) is 30.5 Å². The number of rotatable bonds is 3. The molecular formula is C15H23IN4. The van der Waals surface area contributed by atoms with Crippen molar-refractivity contribution in [1.82, 2.24) is 15.2 Å². The van der Waals surface area contributed by atoms with E-state index in [2.05, 4.69) is 46.6 Å². The van der Waals surface area contributed by atoms with Crippen LogP contribution in [0, 0.1) is 6.92 Å². The number of hydrogen-bond donors (Lipinski definition) is 2. The van der Waals surface area contributed by atoms with Crippen LogP contribution in [0.1, 0.15) is 11.1 Å². The summed E-state index contributed by atoms with van der Waals surface area (Å²) in [5.74, 6) is 0.913. The summed E-state index contributed by atoms with van der Waals surface area (Å²) in [6, 6.07) is 6.54. The second-order valence-corrected chi connectivity index (χ2v) is 4.98. The Bertz CT molecular complexity index is 587. The van der Waals surface area contributed by atoms with E-state index in [0.717, 1.165) is 18.9 Å². The lowest BCUT2D eigenvalue weighted by Gasteiger charge is -2.16. The summed E-state index contributed by atoms with van der Waals surface area (Å²) in [5.41, 5.74) is 3.84. The van der Waals surface area contributed by atoms with E-state index in [9.17, 15) is 0 Å². The molecule has 0 radical (unpaired) electrons. The van der Waals surface area contributed by atoms with Gasteiger partial charge < -0.3 is 15.2 Å². The van der Waals surface area contributed by atoms with Crippen molar-refractivity contribution in [2.75, 3.05) is 27.7 Å². The predicted octanol–water partition coefficient (Wildman–Crippen LogP) is 2.77. The third-order valence-corrected chi connectivity index (χ3v) is 3.24. The maximum atomic E-state index is 4.20. The molecule has 0 saturated carbocycles. The molecule has 0 amide bonds. The molecule has 0 unspecified atom stereocenters. The van der Waals surface area contributed by atoms with Crippen LogP contribution in [-0.4, -0.2) is 43.5 Å². The van der Waals surface area contributed by atoms with E-state index in [1.807, 2.05) is 19.0 Å². The van der Waals surface area contributed by atoms with Crippen molar-refractivity contribution < 1.29 is 0 Å². The fourth-order valence-electron chi connectivity index (χ4n) is 2.25. The van der Waals surface area contributed by atoms with Gasteiger partial charge in [0.25, 0.3) is 0 Å². The van der Waals surface area contributed by atoms with Gasteiger partial charge in [-0.25, -0.2) is 0 Å². The molecule has 0 spiro atoms. The Labute approximate surface area is 137 Å². The Balaban J connectivity index is 0.00000200. The first kappa shape index (κ1) is 16.8. The average molecular weight is 386 g/mol. The van der Waals surface area contributed by atoms with E-state index in [0.29, 0.717) is 0 Å². The molecule has 0 bridgehead atoms. The summed E-state index contributed by atoms with van der Waals surface area (Å²) in [7, 11) is 5.78. The number of aromatic nitrogens is 1. The van der Waals surface area contributed by atoms with Crippen molar-refractivity contribution in [2.24, 2.45) is 4.99 Å². The Morgan fingerprint density at radius 1 is 1.35 bits per heavy atom. The van der Waals surface area contributed by atoms with Gasteiger partial charge in [-0.15, -0.1) is 24.0 Å². The van der Waals surface area contributed by atoms with Gasteiger partial charge in [-0.1, -0.05) is 12.1 Å². The summed E-state index contributed by atoms with van der Waals surface area (Å²) >= 11 is 0. The predicted molar refractivity (Wildman–Crippen MR) is 97.2 cm³/mol. The van der Waals surface area contributed by atoms with Crippen LogP contribution in [-0.2, 0) is 6.42 Å². The van der Waals surface area contributed by atoms with Crippen LogP contribution in [0.5, 0.6) is 0 Å². The maximum absolute atomic E-state index is 4.20. The SMILES string of the molecule is CN=C(NCCc1c[nH]c2cc(C)ccc12)N(C)C.I. The average Bonchev–Trinajstić information content (AvgIpc) is 2.76. The van der Waals surface area contributed by atoms with Gasteiger partial charge in [0.1, 0.15) is 0 Å². The highest BCUT2D eigenvalue weighted by Crippen LogP contribution is 2.19. The highest BCUT2D eigenvalue weighted by atomic mass is 127. The fourth-order valence-corrected chi connectivity index (χ4v) is 2.25. The molecule has 1 aromatic carbocycles. The van der Waals surface area contributed by atoms with Crippen molar-refractivity contribution in [2.45, 2.75) is 13.3 Å². The molecule has 2 rings (SSSR count). The van der Waals surface area contributed by atoms with Gasteiger partial charge in [-0.2, -0.15) is 0 Å². The Hall–Kier alpha value is -1.24. The second-order valence-electron chi connectivity index (χ2n) is 4.98. The first-order chi connectivity index (χ1) is 9.11. The zero-order valence-corrected chi connectivity index (χ0v) is 14.9. The Morgan fingerprint density at radius 3 is 2.75 bits per heavy atom. The standard InChI is InChI=1S/C15H22N4.HI/c1-11-5-6-13-12(10-18-14(13)9-11)7-8-17-15(16-2)19(3)4;/h5-6,9-10,18H,7-8H2,1-4H3,(H,16,17);1H. The number of H-pyrrole nitrogens is 1. The number of fused-ring (bicyclic) bond motifs is 1. The van der Waals surface area contributed by atoms with E-state index in [1.54, 1.807) is 7.05 Å². The molecule has 20 heavy (non-hydrogen) atoms. The fraction of sp³-hybridized carbons (Fsp3) is 0.400. The molecule has 2 aromatic rings. The van der Waals surface area contributed by atoms with Crippen molar-refractivity contribution in [3.05, 3.63) is 35.5 Å². The summed E-state index contributed by atoms with van der Waals surface area (Å²) in [6.45, 7) is 2.99. The minimum absolute atomic E-state index is 0. The van der Waals surface area contributed by atoms with Crippen LogP contribution in [0.4, 0.5) is 0 Å². The van der Waals surface area contributed by atoms with Crippen LogP contribution in [0.25, 0.3) is 10.9 Å².